The predicted molar refractivity (Wildman–Crippen MR) is 81.5 cm³/mol. The van der Waals surface area contributed by atoms with E-state index in [9.17, 15) is 0 Å². The van der Waals surface area contributed by atoms with Crippen LogP contribution in [0.25, 0.3) is 0 Å². The predicted octanol–water partition coefficient (Wildman–Crippen LogP) is 3.78. The lowest BCUT2D eigenvalue weighted by atomic mass is 9.98. The minimum Gasteiger partial charge on any atom is -0.496 e. The van der Waals surface area contributed by atoms with Gasteiger partial charge in [-0.3, -0.25) is 0 Å². The van der Waals surface area contributed by atoms with E-state index in [-0.39, 0.29) is 6.04 Å². The molecule has 1 atom stereocenters. The molecule has 0 bridgehead atoms. The van der Waals surface area contributed by atoms with Crippen LogP contribution in [-0.4, -0.2) is 14.2 Å². The summed E-state index contributed by atoms with van der Waals surface area (Å²) in [6, 6.07) is 8.31. The monoisotopic (exact) mass is 273 g/mol. The Bertz CT molecular complexity index is 587. The number of methoxy groups -OCH3 is 1. The van der Waals surface area contributed by atoms with Crippen molar-refractivity contribution in [3.8, 4) is 5.75 Å². The van der Waals surface area contributed by atoms with Crippen LogP contribution in [0.4, 0.5) is 0 Å². The lowest BCUT2D eigenvalue weighted by Gasteiger charge is -2.20. The summed E-state index contributed by atoms with van der Waals surface area (Å²) in [5, 5.41) is 3.32. The van der Waals surface area contributed by atoms with Crippen LogP contribution in [-0.2, 0) is 6.42 Å². The van der Waals surface area contributed by atoms with Crippen LogP contribution in [0.15, 0.2) is 28.7 Å². The van der Waals surface area contributed by atoms with Gasteiger partial charge in [0.2, 0.25) is 0 Å². The van der Waals surface area contributed by atoms with Crippen LogP contribution in [0.3, 0.4) is 0 Å². The Morgan fingerprint density at radius 2 is 1.95 bits per heavy atom. The van der Waals surface area contributed by atoms with Crippen molar-refractivity contribution in [2.75, 3.05) is 14.2 Å². The fourth-order valence-corrected chi connectivity index (χ4v) is 2.50. The van der Waals surface area contributed by atoms with Crippen molar-refractivity contribution in [2.45, 2.75) is 33.2 Å². The Morgan fingerprint density at radius 3 is 2.50 bits per heavy atom. The van der Waals surface area contributed by atoms with Gasteiger partial charge >= 0.3 is 0 Å². The third kappa shape index (κ3) is 2.59. The van der Waals surface area contributed by atoms with Crippen LogP contribution in [0, 0.1) is 13.8 Å². The Hall–Kier alpha value is -1.74. The van der Waals surface area contributed by atoms with Crippen molar-refractivity contribution >= 4 is 0 Å². The third-order valence-electron chi connectivity index (χ3n) is 3.83. The summed E-state index contributed by atoms with van der Waals surface area (Å²) in [4.78, 5) is 0. The van der Waals surface area contributed by atoms with E-state index in [0.29, 0.717) is 0 Å². The van der Waals surface area contributed by atoms with Gasteiger partial charge in [-0.2, -0.15) is 0 Å². The Labute approximate surface area is 121 Å². The van der Waals surface area contributed by atoms with Gasteiger partial charge in [-0.15, -0.1) is 0 Å². The number of nitrogens with one attached hydrogen (secondary N) is 1. The quantitative estimate of drug-likeness (QED) is 0.900. The highest BCUT2D eigenvalue weighted by Crippen LogP contribution is 2.34. The number of ether oxygens (including phenoxy) is 1. The lowest BCUT2D eigenvalue weighted by Crippen LogP contribution is -2.18. The summed E-state index contributed by atoms with van der Waals surface area (Å²) in [6.45, 7) is 6.27. The molecule has 1 heterocycles. The van der Waals surface area contributed by atoms with E-state index < -0.39 is 0 Å². The van der Waals surface area contributed by atoms with Crippen molar-refractivity contribution in [3.63, 3.8) is 0 Å². The zero-order chi connectivity index (χ0) is 14.7. The highest BCUT2D eigenvalue weighted by atomic mass is 16.5. The molecule has 0 spiro atoms. The molecule has 3 heteroatoms. The van der Waals surface area contributed by atoms with Gasteiger partial charge in [0.1, 0.15) is 17.3 Å². The van der Waals surface area contributed by atoms with E-state index in [1.54, 1.807) is 7.11 Å². The number of benzene rings is 1. The van der Waals surface area contributed by atoms with Gasteiger partial charge in [0.25, 0.3) is 0 Å². The second-order valence-electron chi connectivity index (χ2n) is 5.01. The molecule has 0 aliphatic rings. The van der Waals surface area contributed by atoms with Crippen molar-refractivity contribution in [2.24, 2.45) is 0 Å². The molecule has 2 aromatic rings. The van der Waals surface area contributed by atoms with Crippen molar-refractivity contribution in [1.29, 1.82) is 0 Å². The second-order valence-corrected chi connectivity index (χ2v) is 5.01. The summed E-state index contributed by atoms with van der Waals surface area (Å²) in [6.07, 6.45) is 0.903. The first-order valence-electron chi connectivity index (χ1n) is 7.02. The number of hydrogen-bond acceptors (Lipinski definition) is 3. The van der Waals surface area contributed by atoms with Crippen LogP contribution in [0.5, 0.6) is 5.75 Å². The zero-order valence-corrected chi connectivity index (χ0v) is 12.9. The summed E-state index contributed by atoms with van der Waals surface area (Å²) in [7, 11) is 3.66. The molecule has 1 aromatic heterocycles. The maximum atomic E-state index is 5.89. The Morgan fingerprint density at radius 1 is 1.20 bits per heavy atom. The first-order chi connectivity index (χ1) is 9.62. The molecular weight excluding hydrogens is 250 g/mol. The molecule has 2 rings (SSSR count). The largest absolute Gasteiger partial charge is 0.496 e. The first-order valence-corrected chi connectivity index (χ1v) is 7.02. The minimum atomic E-state index is 0.00421. The van der Waals surface area contributed by atoms with E-state index in [0.717, 1.165) is 29.3 Å². The Kier molecular flexibility index (Phi) is 4.50. The number of hydrogen-bond donors (Lipinski definition) is 1. The third-order valence-corrected chi connectivity index (χ3v) is 3.83. The fraction of sp³-hybridized carbons (Fsp3) is 0.412. The van der Waals surface area contributed by atoms with Crippen LogP contribution >= 0.6 is 0 Å². The molecule has 3 nitrogen and oxygen atoms in total. The van der Waals surface area contributed by atoms with Crippen LogP contribution in [0.2, 0.25) is 0 Å². The highest BCUT2D eigenvalue weighted by Gasteiger charge is 2.21. The topological polar surface area (TPSA) is 34.4 Å². The van der Waals surface area contributed by atoms with Crippen molar-refractivity contribution in [3.05, 3.63) is 52.5 Å². The van der Waals surface area contributed by atoms with E-state index in [4.69, 9.17) is 9.15 Å². The second kappa shape index (κ2) is 6.14. The molecule has 0 fully saturated rings. The molecule has 1 aromatic carbocycles. The van der Waals surface area contributed by atoms with Gasteiger partial charge < -0.3 is 14.5 Å². The van der Waals surface area contributed by atoms with Gasteiger partial charge in [0.15, 0.2) is 0 Å². The van der Waals surface area contributed by atoms with E-state index in [1.807, 2.05) is 19.2 Å². The number of furan rings is 1. The molecule has 0 saturated carbocycles. The molecule has 108 valence electrons. The molecule has 1 unspecified atom stereocenters. The van der Waals surface area contributed by atoms with Gasteiger partial charge in [-0.05, 0) is 44.2 Å². The standard InChI is InChI=1S/C17H23NO2/c1-6-13-8-10-15(20-13)16(18-4)14-9-7-11(2)12(3)17(14)19-5/h7-10,16,18H,6H2,1-5H3. The van der Waals surface area contributed by atoms with Gasteiger partial charge in [0, 0.05) is 12.0 Å². The van der Waals surface area contributed by atoms with Crippen LogP contribution in [0.1, 0.15) is 41.2 Å². The minimum absolute atomic E-state index is 0.00421. The maximum Gasteiger partial charge on any atom is 0.127 e. The lowest BCUT2D eigenvalue weighted by molar-refractivity contribution is 0.389. The Balaban J connectivity index is 2.49. The molecule has 20 heavy (non-hydrogen) atoms. The van der Waals surface area contributed by atoms with Gasteiger partial charge in [-0.25, -0.2) is 0 Å². The average molecular weight is 273 g/mol. The van der Waals surface area contributed by atoms with Gasteiger partial charge in [-0.1, -0.05) is 19.1 Å². The molecule has 0 aliphatic carbocycles. The summed E-state index contributed by atoms with van der Waals surface area (Å²) in [5.74, 6) is 2.85. The normalized spacial score (nSPS) is 12.4. The van der Waals surface area contributed by atoms with Crippen LogP contribution < -0.4 is 10.1 Å². The number of rotatable bonds is 5. The molecular formula is C17H23NO2. The zero-order valence-electron chi connectivity index (χ0n) is 12.9. The molecule has 0 radical (unpaired) electrons. The van der Waals surface area contributed by atoms with Gasteiger partial charge in [0.05, 0.1) is 13.2 Å². The van der Waals surface area contributed by atoms with E-state index in [2.05, 4.69) is 38.2 Å². The molecule has 0 amide bonds. The smallest absolute Gasteiger partial charge is 0.127 e. The van der Waals surface area contributed by atoms with Crippen molar-refractivity contribution in [1.82, 2.24) is 5.32 Å². The molecule has 0 saturated heterocycles. The summed E-state index contributed by atoms with van der Waals surface area (Å²) < 4.78 is 11.5. The summed E-state index contributed by atoms with van der Waals surface area (Å²) >= 11 is 0. The first kappa shape index (κ1) is 14.7. The van der Waals surface area contributed by atoms with E-state index in [1.165, 1.54) is 11.1 Å². The SMILES string of the molecule is CCc1ccc(C(NC)c2ccc(C)c(C)c2OC)o1. The maximum absolute atomic E-state index is 5.89. The average Bonchev–Trinajstić information content (AvgIpc) is 2.92. The van der Waals surface area contributed by atoms with E-state index >= 15 is 0 Å². The fourth-order valence-electron chi connectivity index (χ4n) is 2.50. The highest BCUT2D eigenvalue weighted by molar-refractivity contribution is 5.48. The number of aryl methyl sites for hydroxylation is 2. The summed E-state index contributed by atoms with van der Waals surface area (Å²) in [5.41, 5.74) is 3.51. The van der Waals surface area contributed by atoms with Crippen molar-refractivity contribution < 1.29 is 9.15 Å². The molecule has 1 N–H and O–H groups in total. The molecule has 0 aliphatic heterocycles.